The maximum Gasteiger partial charge on any atom is 0.0991 e. The number of rotatable bonds is 7. The number of benzene rings is 1. The largest absolute Gasteiger partial charge is 0.381 e. The topological polar surface area (TPSA) is 33.0 Å². The maximum atomic E-state index is 8.84. The van der Waals surface area contributed by atoms with E-state index < -0.39 is 0 Å². The highest BCUT2D eigenvalue weighted by Gasteiger charge is 2.22. The molecule has 1 aliphatic rings. The Labute approximate surface area is 128 Å². The first-order chi connectivity index (χ1) is 10.3. The second kappa shape index (κ2) is 8.64. The maximum absolute atomic E-state index is 8.84. The van der Waals surface area contributed by atoms with Gasteiger partial charge in [-0.15, -0.1) is 6.58 Å². The molecule has 112 valence electrons. The molecule has 0 atom stereocenters. The smallest absolute Gasteiger partial charge is 0.0991 e. The molecule has 0 bridgehead atoms. The fourth-order valence-corrected chi connectivity index (χ4v) is 3.07. The molecule has 0 unspecified atom stereocenters. The van der Waals surface area contributed by atoms with E-state index in [1.54, 1.807) is 0 Å². The Balaban J connectivity index is 1.70. The Kier molecular flexibility index (Phi) is 6.50. The molecule has 0 saturated heterocycles. The van der Waals surface area contributed by atoms with Gasteiger partial charge >= 0.3 is 0 Å². The van der Waals surface area contributed by atoms with Crippen molar-refractivity contribution in [3.8, 4) is 6.07 Å². The van der Waals surface area contributed by atoms with Gasteiger partial charge in [-0.2, -0.15) is 5.26 Å². The highest BCUT2D eigenvalue weighted by atomic mass is 16.5. The summed E-state index contributed by atoms with van der Waals surface area (Å²) in [6, 6.07) is 10.3. The van der Waals surface area contributed by atoms with Crippen LogP contribution in [-0.4, -0.2) is 13.2 Å². The lowest BCUT2D eigenvalue weighted by Crippen LogP contribution is -2.18. The molecule has 21 heavy (non-hydrogen) atoms. The highest BCUT2D eigenvalue weighted by Crippen LogP contribution is 2.35. The number of hydrogen-bond donors (Lipinski definition) is 0. The van der Waals surface area contributed by atoms with Gasteiger partial charge in [-0.05, 0) is 68.1 Å². The van der Waals surface area contributed by atoms with Crippen LogP contribution in [-0.2, 0) is 4.74 Å². The van der Waals surface area contributed by atoms with E-state index in [4.69, 9.17) is 10.00 Å². The van der Waals surface area contributed by atoms with E-state index in [0.29, 0.717) is 5.92 Å². The molecule has 1 fully saturated rings. The molecule has 0 spiro atoms. The minimum atomic E-state index is 0.662. The third-order valence-corrected chi connectivity index (χ3v) is 4.41. The normalized spacial score (nSPS) is 21.7. The van der Waals surface area contributed by atoms with Crippen molar-refractivity contribution in [2.24, 2.45) is 5.92 Å². The van der Waals surface area contributed by atoms with Crippen molar-refractivity contribution in [1.29, 1.82) is 5.26 Å². The van der Waals surface area contributed by atoms with Gasteiger partial charge in [0.15, 0.2) is 0 Å². The van der Waals surface area contributed by atoms with Crippen LogP contribution in [0.4, 0.5) is 0 Å². The van der Waals surface area contributed by atoms with E-state index in [-0.39, 0.29) is 0 Å². The third-order valence-electron chi connectivity index (χ3n) is 4.41. The van der Waals surface area contributed by atoms with E-state index in [0.717, 1.165) is 37.5 Å². The minimum absolute atomic E-state index is 0.662. The summed E-state index contributed by atoms with van der Waals surface area (Å²) in [6.07, 6.45) is 9.08. The molecular formula is C19H25NO. The Morgan fingerprint density at radius 2 is 1.90 bits per heavy atom. The van der Waals surface area contributed by atoms with Crippen molar-refractivity contribution in [2.45, 2.75) is 44.4 Å². The highest BCUT2D eigenvalue weighted by molar-refractivity contribution is 5.33. The van der Waals surface area contributed by atoms with Gasteiger partial charge in [-0.25, -0.2) is 0 Å². The molecule has 1 aliphatic carbocycles. The van der Waals surface area contributed by atoms with Crippen LogP contribution in [0.2, 0.25) is 0 Å². The Morgan fingerprint density at radius 1 is 1.19 bits per heavy atom. The predicted octanol–water partition coefficient (Wildman–Crippen LogP) is 4.81. The fraction of sp³-hybridized carbons (Fsp3) is 0.526. The van der Waals surface area contributed by atoms with Crippen LogP contribution in [0.25, 0.3) is 0 Å². The first kappa shape index (κ1) is 15.8. The molecule has 0 radical (unpaired) electrons. The Hall–Kier alpha value is -1.59. The average molecular weight is 283 g/mol. The molecule has 0 amide bonds. The quantitative estimate of drug-likeness (QED) is 0.531. The summed E-state index contributed by atoms with van der Waals surface area (Å²) in [5, 5.41) is 8.84. The van der Waals surface area contributed by atoms with Gasteiger partial charge in [-0.3, -0.25) is 0 Å². The molecule has 0 aromatic heterocycles. The SMILES string of the molecule is C=CCCCOC[C@H]1CC[C@H](c2ccc(C#N)cc2)CC1. The summed E-state index contributed by atoms with van der Waals surface area (Å²) in [5.41, 5.74) is 2.14. The van der Waals surface area contributed by atoms with Gasteiger partial charge in [0.05, 0.1) is 11.6 Å². The minimum Gasteiger partial charge on any atom is -0.381 e. The predicted molar refractivity (Wildman–Crippen MR) is 86.1 cm³/mol. The summed E-state index contributed by atoms with van der Waals surface area (Å²) >= 11 is 0. The first-order valence-electron chi connectivity index (χ1n) is 8.02. The number of allylic oxidation sites excluding steroid dienone is 1. The van der Waals surface area contributed by atoms with Crippen molar-refractivity contribution in [3.63, 3.8) is 0 Å². The standard InChI is InChI=1S/C19H25NO/c1-2-3-4-13-21-15-17-7-11-19(12-8-17)18-9-5-16(14-20)6-10-18/h2,5-6,9-10,17,19H,1,3-4,7-8,11-13,15H2/t17-,19-. The van der Waals surface area contributed by atoms with Gasteiger partial charge in [0.2, 0.25) is 0 Å². The summed E-state index contributed by atoms with van der Waals surface area (Å²) in [5.74, 6) is 1.39. The van der Waals surface area contributed by atoms with Crippen molar-refractivity contribution in [3.05, 3.63) is 48.0 Å². The van der Waals surface area contributed by atoms with Crippen LogP contribution < -0.4 is 0 Å². The summed E-state index contributed by atoms with van der Waals surface area (Å²) in [6.45, 7) is 5.50. The molecule has 0 aliphatic heterocycles. The number of nitriles is 1. The van der Waals surface area contributed by atoms with Gasteiger partial charge in [0, 0.05) is 13.2 Å². The van der Waals surface area contributed by atoms with Gasteiger partial charge in [-0.1, -0.05) is 18.2 Å². The van der Waals surface area contributed by atoms with Gasteiger partial charge in [0.1, 0.15) is 0 Å². The van der Waals surface area contributed by atoms with Crippen LogP contribution in [0.15, 0.2) is 36.9 Å². The zero-order chi connectivity index (χ0) is 14.9. The lowest BCUT2D eigenvalue weighted by atomic mass is 9.79. The molecular weight excluding hydrogens is 258 g/mol. The van der Waals surface area contributed by atoms with Crippen LogP contribution in [0.3, 0.4) is 0 Å². The van der Waals surface area contributed by atoms with Crippen molar-refractivity contribution < 1.29 is 4.74 Å². The second-order valence-corrected chi connectivity index (χ2v) is 5.96. The molecule has 0 N–H and O–H groups in total. The second-order valence-electron chi connectivity index (χ2n) is 5.96. The summed E-state index contributed by atoms with van der Waals surface area (Å²) in [4.78, 5) is 0. The van der Waals surface area contributed by atoms with Crippen molar-refractivity contribution >= 4 is 0 Å². The summed E-state index contributed by atoms with van der Waals surface area (Å²) in [7, 11) is 0. The lowest BCUT2D eigenvalue weighted by Gasteiger charge is -2.28. The van der Waals surface area contributed by atoms with Gasteiger partial charge in [0.25, 0.3) is 0 Å². The molecule has 1 saturated carbocycles. The number of ether oxygens (including phenoxy) is 1. The van der Waals surface area contributed by atoms with Crippen LogP contribution in [0.1, 0.15) is 55.6 Å². The van der Waals surface area contributed by atoms with Crippen LogP contribution >= 0.6 is 0 Å². The lowest BCUT2D eigenvalue weighted by molar-refractivity contribution is 0.0815. The summed E-state index contributed by atoms with van der Waals surface area (Å²) < 4.78 is 5.76. The van der Waals surface area contributed by atoms with E-state index in [1.165, 1.54) is 31.2 Å². The van der Waals surface area contributed by atoms with Gasteiger partial charge < -0.3 is 4.74 Å². The number of hydrogen-bond acceptors (Lipinski definition) is 2. The Bertz CT molecular complexity index is 463. The van der Waals surface area contributed by atoms with Crippen LogP contribution in [0, 0.1) is 17.2 Å². The number of nitrogens with zero attached hydrogens (tertiary/aromatic N) is 1. The molecule has 1 aromatic rings. The van der Waals surface area contributed by atoms with Crippen molar-refractivity contribution in [2.75, 3.05) is 13.2 Å². The molecule has 2 nitrogen and oxygen atoms in total. The van der Waals surface area contributed by atoms with E-state index in [9.17, 15) is 0 Å². The molecule has 0 heterocycles. The zero-order valence-electron chi connectivity index (χ0n) is 12.8. The van der Waals surface area contributed by atoms with E-state index in [2.05, 4.69) is 24.8 Å². The third kappa shape index (κ3) is 5.02. The number of unbranched alkanes of at least 4 members (excludes halogenated alkanes) is 1. The van der Waals surface area contributed by atoms with Crippen LogP contribution in [0.5, 0.6) is 0 Å². The van der Waals surface area contributed by atoms with E-state index >= 15 is 0 Å². The zero-order valence-corrected chi connectivity index (χ0v) is 12.8. The first-order valence-corrected chi connectivity index (χ1v) is 8.02. The van der Waals surface area contributed by atoms with Crippen molar-refractivity contribution in [1.82, 2.24) is 0 Å². The van der Waals surface area contributed by atoms with E-state index in [1.807, 2.05) is 18.2 Å². The monoisotopic (exact) mass is 283 g/mol. The molecule has 2 heteroatoms. The Morgan fingerprint density at radius 3 is 2.52 bits per heavy atom. The fourth-order valence-electron chi connectivity index (χ4n) is 3.07. The average Bonchev–Trinajstić information content (AvgIpc) is 2.55. The molecule has 1 aromatic carbocycles. The molecule has 2 rings (SSSR count).